The number of methoxy groups -OCH3 is 1. The quantitative estimate of drug-likeness (QED) is 0.760. The minimum atomic E-state index is -0.0611. The summed E-state index contributed by atoms with van der Waals surface area (Å²) in [6.45, 7) is 3.00. The molecule has 0 spiro atoms. The van der Waals surface area contributed by atoms with Crippen LogP contribution in [-0.4, -0.2) is 73.2 Å². The summed E-state index contributed by atoms with van der Waals surface area (Å²) in [5.41, 5.74) is 0. The van der Waals surface area contributed by atoms with Gasteiger partial charge < -0.3 is 14.2 Å². The largest absolute Gasteiger partial charge is 0.377 e. The summed E-state index contributed by atoms with van der Waals surface area (Å²) in [4.78, 5) is 20.4. The van der Waals surface area contributed by atoms with Crippen LogP contribution in [0.1, 0.15) is 24.2 Å². The average Bonchev–Trinajstić information content (AvgIpc) is 2.77. The summed E-state index contributed by atoms with van der Waals surface area (Å²) in [7, 11) is 5.65. The number of aromatic nitrogens is 2. The maximum atomic E-state index is 11.5. The third-order valence-electron chi connectivity index (χ3n) is 3.50. The number of rotatable bonds is 5. The van der Waals surface area contributed by atoms with Crippen molar-refractivity contribution in [2.45, 2.75) is 18.9 Å². The van der Waals surface area contributed by atoms with E-state index in [1.54, 1.807) is 0 Å². The number of carbonyl (C=O) groups is 1. The molecule has 2 heterocycles. The Morgan fingerprint density at radius 1 is 1.45 bits per heavy atom. The standard InChI is InChI=1S/C13H22N4O3/c1-16-5-4-6-17(2)11(8-16)13-14-12(20-15-13)7-10(18)9-19-3/h11H,4-9H2,1-3H3. The topological polar surface area (TPSA) is 71.7 Å². The second-order valence-corrected chi connectivity index (χ2v) is 5.31. The van der Waals surface area contributed by atoms with Crippen LogP contribution in [0.15, 0.2) is 4.52 Å². The third-order valence-corrected chi connectivity index (χ3v) is 3.50. The first-order valence-corrected chi connectivity index (χ1v) is 6.82. The lowest BCUT2D eigenvalue weighted by Gasteiger charge is -2.24. The summed E-state index contributed by atoms with van der Waals surface area (Å²) in [5.74, 6) is 0.956. The van der Waals surface area contributed by atoms with Crippen LogP contribution in [0, 0.1) is 0 Å². The molecular weight excluding hydrogens is 260 g/mol. The van der Waals surface area contributed by atoms with Crippen molar-refractivity contribution in [3.05, 3.63) is 11.7 Å². The zero-order chi connectivity index (χ0) is 14.5. The number of ketones is 1. The molecule has 0 bridgehead atoms. The van der Waals surface area contributed by atoms with Crippen molar-refractivity contribution < 1.29 is 14.1 Å². The second-order valence-electron chi connectivity index (χ2n) is 5.31. The highest BCUT2D eigenvalue weighted by Crippen LogP contribution is 2.20. The van der Waals surface area contributed by atoms with E-state index < -0.39 is 0 Å². The zero-order valence-corrected chi connectivity index (χ0v) is 12.3. The minimum Gasteiger partial charge on any atom is -0.377 e. The molecule has 7 nitrogen and oxygen atoms in total. The fraction of sp³-hybridized carbons (Fsp3) is 0.769. The van der Waals surface area contributed by atoms with Crippen LogP contribution in [0.2, 0.25) is 0 Å². The van der Waals surface area contributed by atoms with E-state index in [1.165, 1.54) is 7.11 Å². The van der Waals surface area contributed by atoms with Crippen molar-refractivity contribution in [3.8, 4) is 0 Å². The smallest absolute Gasteiger partial charge is 0.234 e. The van der Waals surface area contributed by atoms with Crippen molar-refractivity contribution >= 4 is 5.78 Å². The van der Waals surface area contributed by atoms with Gasteiger partial charge in [0.05, 0.1) is 12.5 Å². The summed E-state index contributed by atoms with van der Waals surface area (Å²) in [6.07, 6.45) is 1.26. The molecular formula is C13H22N4O3. The lowest BCUT2D eigenvalue weighted by molar-refractivity contribution is -0.122. The number of nitrogens with zero attached hydrogens (tertiary/aromatic N) is 4. The summed E-state index contributed by atoms with van der Waals surface area (Å²) < 4.78 is 9.97. The van der Waals surface area contributed by atoms with Gasteiger partial charge in [-0.15, -0.1) is 0 Å². The molecule has 1 unspecified atom stereocenters. The molecule has 1 aliphatic heterocycles. The highest BCUT2D eigenvalue weighted by atomic mass is 16.5. The van der Waals surface area contributed by atoms with Crippen LogP contribution in [0.4, 0.5) is 0 Å². The van der Waals surface area contributed by atoms with Crippen LogP contribution in [0.3, 0.4) is 0 Å². The lowest BCUT2D eigenvalue weighted by Crippen LogP contribution is -2.31. The van der Waals surface area contributed by atoms with Gasteiger partial charge in [-0.1, -0.05) is 5.16 Å². The van der Waals surface area contributed by atoms with Crippen LogP contribution in [-0.2, 0) is 16.0 Å². The molecule has 7 heteroatoms. The molecule has 1 fully saturated rings. The van der Waals surface area contributed by atoms with Gasteiger partial charge in [-0.3, -0.25) is 9.69 Å². The number of Topliss-reactive ketones (excluding diaryl/α,β-unsaturated/α-hetero) is 1. The van der Waals surface area contributed by atoms with Crippen LogP contribution < -0.4 is 0 Å². The predicted octanol–water partition coefficient (Wildman–Crippen LogP) is 0.136. The summed E-state index contributed by atoms with van der Waals surface area (Å²) in [6, 6.07) is 0.109. The number of likely N-dealkylation sites (N-methyl/N-ethyl adjacent to an activating group) is 2. The number of hydrogen-bond acceptors (Lipinski definition) is 7. The molecule has 0 amide bonds. The first-order valence-electron chi connectivity index (χ1n) is 6.82. The van der Waals surface area contributed by atoms with Crippen LogP contribution in [0.25, 0.3) is 0 Å². The Hall–Kier alpha value is -1.31. The molecule has 112 valence electrons. The van der Waals surface area contributed by atoms with Gasteiger partial charge >= 0.3 is 0 Å². The van der Waals surface area contributed by atoms with Gasteiger partial charge in [-0.25, -0.2) is 0 Å². The van der Waals surface area contributed by atoms with Gasteiger partial charge in [0, 0.05) is 13.7 Å². The molecule has 20 heavy (non-hydrogen) atoms. The molecule has 0 saturated carbocycles. The van der Waals surface area contributed by atoms with Gasteiger partial charge in [0.15, 0.2) is 11.6 Å². The molecule has 1 saturated heterocycles. The van der Waals surface area contributed by atoms with Crippen molar-refractivity contribution in [2.24, 2.45) is 0 Å². The molecule has 0 radical (unpaired) electrons. The van der Waals surface area contributed by atoms with E-state index in [4.69, 9.17) is 9.26 Å². The molecule has 0 N–H and O–H groups in total. The number of ether oxygens (including phenoxy) is 1. The molecule has 1 atom stereocenters. The number of carbonyl (C=O) groups excluding carboxylic acids is 1. The molecule has 1 aliphatic rings. The fourth-order valence-electron chi connectivity index (χ4n) is 2.41. The van der Waals surface area contributed by atoms with Crippen molar-refractivity contribution in [1.82, 2.24) is 19.9 Å². The maximum Gasteiger partial charge on any atom is 0.234 e. The van der Waals surface area contributed by atoms with E-state index in [1.807, 2.05) is 0 Å². The third kappa shape index (κ3) is 3.84. The van der Waals surface area contributed by atoms with Gasteiger partial charge in [-0.05, 0) is 33.6 Å². The Morgan fingerprint density at radius 2 is 2.25 bits per heavy atom. The normalized spacial score (nSPS) is 21.9. The lowest BCUT2D eigenvalue weighted by atomic mass is 10.2. The van der Waals surface area contributed by atoms with Gasteiger partial charge in [0.2, 0.25) is 5.89 Å². The zero-order valence-electron chi connectivity index (χ0n) is 12.3. The van der Waals surface area contributed by atoms with Gasteiger partial charge in [-0.2, -0.15) is 4.98 Å². The van der Waals surface area contributed by atoms with E-state index in [0.29, 0.717) is 11.7 Å². The van der Waals surface area contributed by atoms with Gasteiger partial charge in [0.1, 0.15) is 6.61 Å². The average molecular weight is 282 g/mol. The minimum absolute atomic E-state index is 0.0611. The molecule has 2 rings (SSSR count). The van der Waals surface area contributed by atoms with Crippen LogP contribution >= 0.6 is 0 Å². The van der Waals surface area contributed by atoms with E-state index in [2.05, 4.69) is 34.0 Å². The first-order chi connectivity index (χ1) is 9.60. The van der Waals surface area contributed by atoms with E-state index >= 15 is 0 Å². The van der Waals surface area contributed by atoms with Gasteiger partial charge in [0.25, 0.3) is 0 Å². The second kappa shape index (κ2) is 6.92. The monoisotopic (exact) mass is 282 g/mol. The molecule has 0 aliphatic carbocycles. The number of hydrogen-bond donors (Lipinski definition) is 0. The van der Waals surface area contributed by atoms with E-state index in [9.17, 15) is 4.79 Å². The Labute approximate surface area is 118 Å². The van der Waals surface area contributed by atoms with Crippen molar-refractivity contribution in [1.29, 1.82) is 0 Å². The fourth-order valence-corrected chi connectivity index (χ4v) is 2.41. The molecule has 0 aromatic carbocycles. The van der Waals surface area contributed by atoms with E-state index in [-0.39, 0.29) is 24.9 Å². The summed E-state index contributed by atoms with van der Waals surface area (Å²) in [5, 5.41) is 4.03. The Bertz CT molecular complexity index is 449. The molecule has 1 aromatic rings. The maximum absolute atomic E-state index is 11.5. The Morgan fingerprint density at radius 3 is 3.00 bits per heavy atom. The van der Waals surface area contributed by atoms with E-state index in [0.717, 1.165) is 26.1 Å². The van der Waals surface area contributed by atoms with Crippen molar-refractivity contribution in [3.63, 3.8) is 0 Å². The van der Waals surface area contributed by atoms with Crippen LogP contribution in [0.5, 0.6) is 0 Å². The SMILES string of the molecule is COCC(=O)Cc1nc(C2CN(C)CCCN2C)no1. The van der Waals surface area contributed by atoms with Crippen molar-refractivity contribution in [2.75, 3.05) is 47.4 Å². The highest BCUT2D eigenvalue weighted by Gasteiger charge is 2.26. The molecule has 1 aromatic heterocycles. The predicted molar refractivity (Wildman–Crippen MR) is 72.4 cm³/mol. The highest BCUT2D eigenvalue weighted by molar-refractivity contribution is 5.81. The first kappa shape index (κ1) is 15.1. The Kier molecular flexibility index (Phi) is 5.22. The Balaban J connectivity index is 2.04. The summed E-state index contributed by atoms with van der Waals surface area (Å²) >= 11 is 0.